The number of esters is 1. The van der Waals surface area contributed by atoms with Crippen molar-refractivity contribution in [3.05, 3.63) is 28.3 Å². The van der Waals surface area contributed by atoms with Gasteiger partial charge in [-0.05, 0) is 41.9 Å². The van der Waals surface area contributed by atoms with E-state index in [-0.39, 0.29) is 17.5 Å². The lowest BCUT2D eigenvalue weighted by Gasteiger charge is -2.39. The highest BCUT2D eigenvalue weighted by Gasteiger charge is 2.37. The van der Waals surface area contributed by atoms with Gasteiger partial charge >= 0.3 is 5.97 Å². The fourth-order valence-electron chi connectivity index (χ4n) is 3.43. The Bertz CT molecular complexity index is 832. The van der Waals surface area contributed by atoms with Gasteiger partial charge in [0.1, 0.15) is 21.9 Å². The van der Waals surface area contributed by atoms with Crippen molar-refractivity contribution in [2.75, 3.05) is 0 Å². The molecule has 0 bridgehead atoms. The summed E-state index contributed by atoms with van der Waals surface area (Å²) < 4.78 is 5.61. The largest absolute Gasteiger partial charge is 0.456 e. The zero-order valence-corrected chi connectivity index (χ0v) is 15.4. The van der Waals surface area contributed by atoms with Crippen LogP contribution in [0.25, 0.3) is 10.2 Å². The Labute approximate surface area is 146 Å². The van der Waals surface area contributed by atoms with Gasteiger partial charge in [-0.25, -0.2) is 4.98 Å². The lowest BCUT2D eigenvalue weighted by molar-refractivity contribution is -0.149. The molecular formula is C19H22N2O2S. The fraction of sp³-hybridized carbons (Fsp3) is 0.526. The number of aromatic nitrogens is 1. The van der Waals surface area contributed by atoms with Crippen LogP contribution < -0.4 is 0 Å². The molecule has 0 amide bonds. The summed E-state index contributed by atoms with van der Waals surface area (Å²) in [5.74, 6) is 0.166. The summed E-state index contributed by atoms with van der Waals surface area (Å²) in [6.07, 6.45) is 2.53. The van der Waals surface area contributed by atoms with Crippen molar-refractivity contribution < 1.29 is 9.53 Å². The highest BCUT2D eigenvalue weighted by molar-refractivity contribution is 7.19. The predicted octanol–water partition coefficient (Wildman–Crippen LogP) is 4.77. The molecule has 0 fully saturated rings. The van der Waals surface area contributed by atoms with Gasteiger partial charge in [0.2, 0.25) is 0 Å². The second-order valence-corrected chi connectivity index (χ2v) is 8.26. The smallest absolute Gasteiger partial charge is 0.303 e. The zero-order chi connectivity index (χ0) is 17.5. The number of pyridine rings is 1. The molecule has 5 heteroatoms. The van der Waals surface area contributed by atoms with Crippen LogP contribution in [0.1, 0.15) is 62.8 Å². The van der Waals surface area contributed by atoms with Crippen LogP contribution in [0.2, 0.25) is 0 Å². The third kappa shape index (κ3) is 3.03. The van der Waals surface area contributed by atoms with Crippen molar-refractivity contribution in [3.8, 4) is 6.07 Å². The first-order chi connectivity index (χ1) is 11.3. The van der Waals surface area contributed by atoms with Crippen LogP contribution in [-0.4, -0.2) is 11.0 Å². The van der Waals surface area contributed by atoms with Crippen molar-refractivity contribution in [3.63, 3.8) is 0 Å². The van der Waals surface area contributed by atoms with E-state index in [1.807, 2.05) is 6.07 Å². The summed E-state index contributed by atoms with van der Waals surface area (Å²) in [5, 5.41) is 10.1. The van der Waals surface area contributed by atoms with Crippen LogP contribution in [0, 0.1) is 22.7 Å². The van der Waals surface area contributed by atoms with Gasteiger partial charge < -0.3 is 4.74 Å². The number of ether oxygens (including phenoxy) is 1. The molecule has 1 aliphatic rings. The van der Waals surface area contributed by atoms with E-state index in [4.69, 9.17) is 15.0 Å². The molecule has 0 radical (unpaired) electrons. The summed E-state index contributed by atoms with van der Waals surface area (Å²) in [4.78, 5) is 17.8. The second-order valence-electron chi connectivity index (χ2n) is 7.23. The maximum absolute atomic E-state index is 11.6. The van der Waals surface area contributed by atoms with Crippen molar-refractivity contribution in [2.24, 2.45) is 11.3 Å². The number of nitrogens with zero attached hydrogens (tertiary/aromatic N) is 2. The topological polar surface area (TPSA) is 63.0 Å². The molecule has 1 aliphatic carbocycles. The monoisotopic (exact) mass is 342 g/mol. The Morgan fingerprint density at radius 2 is 2.25 bits per heavy atom. The first kappa shape index (κ1) is 16.9. The molecule has 0 aliphatic heterocycles. The number of carbonyl (C=O) groups excluding carboxylic acids is 1. The molecule has 2 aromatic heterocycles. The Morgan fingerprint density at radius 1 is 1.50 bits per heavy atom. The van der Waals surface area contributed by atoms with E-state index in [0.29, 0.717) is 10.8 Å². The molecule has 0 saturated carbocycles. The Balaban J connectivity index is 2.09. The van der Waals surface area contributed by atoms with Crippen molar-refractivity contribution in [1.82, 2.24) is 4.98 Å². The fourth-order valence-corrected chi connectivity index (χ4v) is 4.25. The Kier molecular flexibility index (Phi) is 4.35. The molecule has 2 atom stereocenters. The van der Waals surface area contributed by atoms with Gasteiger partial charge in [0.25, 0.3) is 0 Å². The molecule has 0 spiro atoms. The third-order valence-corrected chi connectivity index (χ3v) is 6.28. The number of rotatable bonds is 3. The molecule has 2 unspecified atom stereocenters. The molecule has 2 heterocycles. The summed E-state index contributed by atoms with van der Waals surface area (Å²) in [6, 6.07) is 6.21. The molecule has 0 N–H and O–H groups in total. The SMILES string of the molecule is CCC(C)(C)C1Cc2cc3cc(C#N)sc3nc2C(OC(C)=O)C1. The van der Waals surface area contributed by atoms with Crippen molar-refractivity contribution in [2.45, 2.75) is 53.1 Å². The van der Waals surface area contributed by atoms with Gasteiger partial charge in [-0.3, -0.25) is 4.79 Å². The molecule has 4 nitrogen and oxygen atoms in total. The van der Waals surface area contributed by atoms with Crippen LogP contribution in [0.3, 0.4) is 0 Å². The minimum Gasteiger partial charge on any atom is -0.456 e. The quantitative estimate of drug-likeness (QED) is 0.754. The molecule has 24 heavy (non-hydrogen) atoms. The third-order valence-electron chi connectivity index (χ3n) is 5.33. The molecule has 0 aromatic carbocycles. The van der Waals surface area contributed by atoms with Gasteiger partial charge in [0.05, 0.1) is 5.69 Å². The average molecular weight is 342 g/mol. The van der Waals surface area contributed by atoms with Gasteiger partial charge in [0.15, 0.2) is 0 Å². The Morgan fingerprint density at radius 3 is 2.88 bits per heavy atom. The molecule has 0 saturated heterocycles. The van der Waals surface area contributed by atoms with Crippen LogP contribution in [0.5, 0.6) is 0 Å². The van der Waals surface area contributed by atoms with Gasteiger partial charge in [-0.2, -0.15) is 5.26 Å². The van der Waals surface area contributed by atoms with Crippen LogP contribution in [0.4, 0.5) is 0 Å². The number of thiophene rings is 1. The van der Waals surface area contributed by atoms with E-state index in [1.54, 1.807) is 0 Å². The van der Waals surface area contributed by atoms with Crippen LogP contribution in [0.15, 0.2) is 12.1 Å². The van der Waals surface area contributed by atoms with E-state index in [9.17, 15) is 4.79 Å². The minimum absolute atomic E-state index is 0.178. The second kappa shape index (κ2) is 6.18. The van der Waals surface area contributed by atoms with Crippen LogP contribution in [-0.2, 0) is 16.0 Å². The lowest BCUT2D eigenvalue weighted by atomic mass is 9.68. The van der Waals surface area contributed by atoms with E-state index in [0.717, 1.165) is 40.7 Å². The van der Waals surface area contributed by atoms with E-state index in [2.05, 4.69) is 32.9 Å². The summed E-state index contributed by atoms with van der Waals surface area (Å²) in [6.45, 7) is 8.21. The summed E-state index contributed by atoms with van der Waals surface area (Å²) >= 11 is 1.39. The van der Waals surface area contributed by atoms with Gasteiger partial charge in [-0.15, -0.1) is 11.3 Å². The van der Waals surface area contributed by atoms with Gasteiger partial charge in [-0.1, -0.05) is 27.2 Å². The molecular weight excluding hydrogens is 320 g/mol. The number of hydrogen-bond acceptors (Lipinski definition) is 5. The van der Waals surface area contributed by atoms with Crippen molar-refractivity contribution in [1.29, 1.82) is 5.26 Å². The lowest BCUT2D eigenvalue weighted by Crippen LogP contribution is -2.32. The van der Waals surface area contributed by atoms with Crippen molar-refractivity contribution >= 4 is 27.5 Å². The summed E-state index contributed by atoms with van der Waals surface area (Å²) in [5.41, 5.74) is 2.19. The minimum atomic E-state index is -0.292. The number of hydrogen-bond donors (Lipinski definition) is 0. The Hall–Kier alpha value is -1.93. The highest BCUT2D eigenvalue weighted by Crippen LogP contribution is 2.45. The first-order valence-electron chi connectivity index (χ1n) is 8.34. The normalized spacial score (nSPS) is 20.5. The maximum atomic E-state index is 11.6. The van der Waals surface area contributed by atoms with Gasteiger partial charge in [0, 0.05) is 12.3 Å². The highest BCUT2D eigenvalue weighted by atomic mass is 32.1. The zero-order valence-electron chi connectivity index (χ0n) is 14.5. The van der Waals surface area contributed by atoms with E-state index in [1.165, 1.54) is 18.3 Å². The predicted molar refractivity (Wildman–Crippen MR) is 94.7 cm³/mol. The molecule has 3 rings (SSSR count). The van der Waals surface area contributed by atoms with E-state index < -0.39 is 0 Å². The van der Waals surface area contributed by atoms with Crippen LogP contribution >= 0.6 is 11.3 Å². The number of carbonyl (C=O) groups is 1. The van der Waals surface area contributed by atoms with E-state index >= 15 is 0 Å². The first-order valence-corrected chi connectivity index (χ1v) is 9.16. The molecule has 2 aromatic rings. The number of fused-ring (bicyclic) bond motifs is 2. The average Bonchev–Trinajstić information content (AvgIpc) is 2.94. The summed E-state index contributed by atoms with van der Waals surface area (Å²) in [7, 11) is 0. The maximum Gasteiger partial charge on any atom is 0.303 e. The molecule has 126 valence electrons. The standard InChI is InChI=1S/C19H22N2O2S/c1-5-19(3,4)14-7-12-6-13-8-15(10-20)24-18(13)21-17(12)16(9-14)23-11(2)22/h6,8,14,16H,5,7,9H2,1-4H3. The number of nitriles is 1.